The number of benzene rings is 1. The number of nitrogens with two attached hydrogens (primary N) is 1. The molecule has 0 spiro atoms. The van der Waals surface area contributed by atoms with E-state index in [9.17, 15) is 0 Å². The molecule has 0 aliphatic rings. The van der Waals surface area contributed by atoms with E-state index in [1.165, 1.54) is 0 Å². The van der Waals surface area contributed by atoms with Crippen molar-refractivity contribution in [2.24, 2.45) is 5.73 Å². The number of para-hydroxylation sites is 1. The lowest BCUT2D eigenvalue weighted by Gasteiger charge is -2.11. The van der Waals surface area contributed by atoms with Gasteiger partial charge in [0.1, 0.15) is 5.75 Å². The Morgan fingerprint density at radius 3 is 2.71 bits per heavy atom. The van der Waals surface area contributed by atoms with Gasteiger partial charge in [0.25, 0.3) is 0 Å². The van der Waals surface area contributed by atoms with Gasteiger partial charge in [-0.05, 0) is 36.6 Å². The van der Waals surface area contributed by atoms with E-state index < -0.39 is 0 Å². The van der Waals surface area contributed by atoms with Crippen molar-refractivity contribution in [3.05, 3.63) is 54.5 Å². The minimum atomic E-state index is 0.108. The van der Waals surface area contributed by atoms with Gasteiger partial charge in [0.05, 0.1) is 19.1 Å². The SMILES string of the molecule is NC(CCOc1ccccc1)Cc1ccoc1. The molecule has 1 heterocycles. The van der Waals surface area contributed by atoms with Gasteiger partial charge in [0.2, 0.25) is 0 Å². The van der Waals surface area contributed by atoms with E-state index in [1.54, 1.807) is 12.5 Å². The summed E-state index contributed by atoms with van der Waals surface area (Å²) in [6, 6.07) is 11.8. The first kappa shape index (κ1) is 11.7. The predicted octanol–water partition coefficient (Wildman–Crippen LogP) is 2.62. The molecular weight excluding hydrogens is 214 g/mol. The number of rotatable bonds is 6. The van der Waals surface area contributed by atoms with E-state index in [4.69, 9.17) is 14.9 Å². The molecule has 1 unspecified atom stereocenters. The zero-order valence-electron chi connectivity index (χ0n) is 9.71. The molecule has 1 aromatic carbocycles. The molecule has 2 aromatic rings. The normalized spacial score (nSPS) is 12.3. The minimum absolute atomic E-state index is 0.108. The fourth-order valence-corrected chi connectivity index (χ4v) is 1.66. The monoisotopic (exact) mass is 231 g/mol. The van der Waals surface area contributed by atoms with Gasteiger partial charge >= 0.3 is 0 Å². The third kappa shape index (κ3) is 3.96. The van der Waals surface area contributed by atoms with Crippen LogP contribution in [0.15, 0.2) is 53.3 Å². The predicted molar refractivity (Wildman–Crippen MR) is 66.9 cm³/mol. The summed E-state index contributed by atoms with van der Waals surface area (Å²) in [6.07, 6.45) is 5.06. The maximum Gasteiger partial charge on any atom is 0.119 e. The van der Waals surface area contributed by atoms with Crippen LogP contribution in [-0.2, 0) is 6.42 Å². The summed E-state index contributed by atoms with van der Waals surface area (Å²) in [6.45, 7) is 0.642. The Labute approximate surface area is 101 Å². The van der Waals surface area contributed by atoms with Gasteiger partial charge in [0, 0.05) is 6.04 Å². The summed E-state index contributed by atoms with van der Waals surface area (Å²) >= 11 is 0. The van der Waals surface area contributed by atoms with Crippen molar-refractivity contribution in [2.75, 3.05) is 6.61 Å². The molecule has 2 N–H and O–H groups in total. The molecule has 1 aromatic heterocycles. The molecule has 0 radical (unpaired) electrons. The molecule has 0 saturated carbocycles. The summed E-state index contributed by atoms with van der Waals surface area (Å²) in [5.41, 5.74) is 7.14. The molecule has 90 valence electrons. The van der Waals surface area contributed by atoms with Crippen LogP contribution >= 0.6 is 0 Å². The topological polar surface area (TPSA) is 48.4 Å². The number of hydrogen-bond acceptors (Lipinski definition) is 3. The molecule has 0 saturated heterocycles. The van der Waals surface area contributed by atoms with Crippen LogP contribution in [0, 0.1) is 0 Å². The summed E-state index contributed by atoms with van der Waals surface area (Å²) in [4.78, 5) is 0. The van der Waals surface area contributed by atoms with Crippen molar-refractivity contribution in [3.63, 3.8) is 0 Å². The van der Waals surface area contributed by atoms with Crippen LogP contribution in [-0.4, -0.2) is 12.6 Å². The Kier molecular flexibility index (Phi) is 4.22. The average molecular weight is 231 g/mol. The minimum Gasteiger partial charge on any atom is -0.494 e. The zero-order valence-corrected chi connectivity index (χ0v) is 9.71. The smallest absolute Gasteiger partial charge is 0.119 e. The lowest BCUT2D eigenvalue weighted by molar-refractivity contribution is 0.297. The second kappa shape index (κ2) is 6.11. The van der Waals surface area contributed by atoms with Crippen LogP contribution in [0.5, 0.6) is 5.75 Å². The third-order valence-corrected chi connectivity index (χ3v) is 2.58. The van der Waals surface area contributed by atoms with Crippen molar-refractivity contribution in [1.82, 2.24) is 0 Å². The van der Waals surface area contributed by atoms with Gasteiger partial charge in [0.15, 0.2) is 0 Å². The van der Waals surface area contributed by atoms with E-state index >= 15 is 0 Å². The van der Waals surface area contributed by atoms with Crippen LogP contribution in [0.2, 0.25) is 0 Å². The number of ether oxygens (including phenoxy) is 1. The van der Waals surface area contributed by atoms with Gasteiger partial charge in [-0.2, -0.15) is 0 Å². The lowest BCUT2D eigenvalue weighted by atomic mass is 10.1. The fourth-order valence-electron chi connectivity index (χ4n) is 1.66. The van der Waals surface area contributed by atoms with Crippen LogP contribution in [0.4, 0.5) is 0 Å². The molecule has 0 bridgehead atoms. The highest BCUT2D eigenvalue weighted by Crippen LogP contribution is 2.10. The van der Waals surface area contributed by atoms with E-state index in [1.807, 2.05) is 36.4 Å². The first-order valence-electron chi connectivity index (χ1n) is 5.79. The summed E-state index contributed by atoms with van der Waals surface area (Å²) in [5, 5.41) is 0. The summed E-state index contributed by atoms with van der Waals surface area (Å²) in [7, 11) is 0. The van der Waals surface area contributed by atoms with Gasteiger partial charge < -0.3 is 14.9 Å². The van der Waals surface area contributed by atoms with Crippen LogP contribution < -0.4 is 10.5 Å². The molecule has 0 aliphatic heterocycles. The van der Waals surface area contributed by atoms with E-state index in [-0.39, 0.29) is 6.04 Å². The molecule has 0 fully saturated rings. The van der Waals surface area contributed by atoms with Crippen molar-refractivity contribution in [3.8, 4) is 5.75 Å². The quantitative estimate of drug-likeness (QED) is 0.831. The lowest BCUT2D eigenvalue weighted by Crippen LogP contribution is -2.25. The third-order valence-electron chi connectivity index (χ3n) is 2.58. The Morgan fingerprint density at radius 1 is 1.18 bits per heavy atom. The molecule has 3 nitrogen and oxygen atoms in total. The molecule has 2 rings (SSSR count). The Bertz CT molecular complexity index is 411. The maximum absolute atomic E-state index is 6.01. The fraction of sp³-hybridized carbons (Fsp3) is 0.286. The molecular formula is C14H17NO2. The van der Waals surface area contributed by atoms with E-state index in [0.717, 1.165) is 24.2 Å². The molecule has 17 heavy (non-hydrogen) atoms. The second-order valence-corrected chi connectivity index (χ2v) is 4.05. The summed E-state index contributed by atoms with van der Waals surface area (Å²) < 4.78 is 10.6. The van der Waals surface area contributed by atoms with Gasteiger partial charge in [-0.25, -0.2) is 0 Å². The highest BCUT2D eigenvalue weighted by atomic mass is 16.5. The Balaban J connectivity index is 1.68. The van der Waals surface area contributed by atoms with Gasteiger partial charge in [-0.15, -0.1) is 0 Å². The van der Waals surface area contributed by atoms with Crippen LogP contribution in [0.25, 0.3) is 0 Å². The zero-order chi connectivity index (χ0) is 11.9. The molecule has 3 heteroatoms. The van der Waals surface area contributed by atoms with Crippen molar-refractivity contribution in [1.29, 1.82) is 0 Å². The average Bonchev–Trinajstić information content (AvgIpc) is 2.83. The highest BCUT2D eigenvalue weighted by Gasteiger charge is 2.05. The Hall–Kier alpha value is -1.74. The van der Waals surface area contributed by atoms with E-state index in [0.29, 0.717) is 6.61 Å². The van der Waals surface area contributed by atoms with Crippen LogP contribution in [0.3, 0.4) is 0 Å². The number of hydrogen-bond donors (Lipinski definition) is 1. The molecule has 0 amide bonds. The first-order valence-corrected chi connectivity index (χ1v) is 5.79. The van der Waals surface area contributed by atoms with Crippen molar-refractivity contribution >= 4 is 0 Å². The Morgan fingerprint density at radius 2 is 2.00 bits per heavy atom. The van der Waals surface area contributed by atoms with Crippen LogP contribution in [0.1, 0.15) is 12.0 Å². The maximum atomic E-state index is 6.01. The number of furan rings is 1. The largest absolute Gasteiger partial charge is 0.494 e. The van der Waals surface area contributed by atoms with Crippen molar-refractivity contribution < 1.29 is 9.15 Å². The van der Waals surface area contributed by atoms with Gasteiger partial charge in [-0.3, -0.25) is 0 Å². The second-order valence-electron chi connectivity index (χ2n) is 4.05. The first-order chi connectivity index (χ1) is 8.34. The molecule has 0 aliphatic carbocycles. The highest BCUT2D eigenvalue weighted by molar-refractivity contribution is 5.20. The van der Waals surface area contributed by atoms with Crippen molar-refractivity contribution in [2.45, 2.75) is 18.9 Å². The summed E-state index contributed by atoms with van der Waals surface area (Å²) in [5.74, 6) is 0.892. The standard InChI is InChI=1S/C14H17NO2/c15-13(10-12-6-8-16-11-12)7-9-17-14-4-2-1-3-5-14/h1-6,8,11,13H,7,9-10,15H2. The van der Waals surface area contributed by atoms with Gasteiger partial charge in [-0.1, -0.05) is 18.2 Å². The molecule has 1 atom stereocenters. The van der Waals surface area contributed by atoms with E-state index in [2.05, 4.69) is 0 Å².